The predicted octanol–water partition coefficient (Wildman–Crippen LogP) is 0.520. The van der Waals surface area contributed by atoms with Gasteiger partial charge in [-0.1, -0.05) is 6.92 Å². The molecule has 0 aromatic heterocycles. The summed E-state index contributed by atoms with van der Waals surface area (Å²) < 4.78 is 0. The van der Waals surface area contributed by atoms with Crippen LogP contribution in [0.15, 0.2) is 0 Å². The number of nitrogens with two attached hydrogens (primary N) is 2. The lowest BCUT2D eigenvalue weighted by molar-refractivity contribution is -0.129. The molecule has 0 radical (unpaired) electrons. The summed E-state index contributed by atoms with van der Waals surface area (Å²) in [6.07, 6.45) is 2.92. The van der Waals surface area contributed by atoms with Gasteiger partial charge in [-0.05, 0) is 39.0 Å². The minimum Gasteiger partial charge on any atom is -0.370 e. The second-order valence-corrected chi connectivity index (χ2v) is 6.20. The summed E-state index contributed by atoms with van der Waals surface area (Å²) in [7, 11) is 0. The van der Waals surface area contributed by atoms with Crippen LogP contribution < -0.4 is 16.8 Å². The molecule has 0 bridgehead atoms. The van der Waals surface area contributed by atoms with Crippen LogP contribution in [-0.2, 0) is 9.59 Å². The summed E-state index contributed by atoms with van der Waals surface area (Å²) in [6, 6.07) is -0.0782. The number of hydrogen-bond donors (Lipinski definition) is 3. The summed E-state index contributed by atoms with van der Waals surface area (Å²) >= 11 is 0. The van der Waals surface area contributed by atoms with Gasteiger partial charge >= 0.3 is 0 Å². The molecule has 1 rings (SSSR count). The highest BCUT2D eigenvalue weighted by Crippen LogP contribution is 2.28. The Morgan fingerprint density at radius 2 is 1.94 bits per heavy atom. The zero-order chi connectivity index (χ0) is 13.9. The number of hydrogen-bond acceptors (Lipinski definition) is 3. The van der Waals surface area contributed by atoms with E-state index in [4.69, 9.17) is 11.5 Å². The van der Waals surface area contributed by atoms with Crippen molar-refractivity contribution in [3.63, 3.8) is 0 Å². The first-order valence-electron chi connectivity index (χ1n) is 6.57. The molecule has 5 heteroatoms. The molecule has 0 saturated heterocycles. The Morgan fingerprint density at radius 3 is 2.50 bits per heavy atom. The zero-order valence-electron chi connectivity index (χ0n) is 11.5. The molecule has 5 nitrogen and oxygen atoms in total. The van der Waals surface area contributed by atoms with E-state index in [1.807, 2.05) is 0 Å². The lowest BCUT2D eigenvalue weighted by atomic mass is 9.78. The highest BCUT2D eigenvalue weighted by molar-refractivity contribution is 5.82. The first kappa shape index (κ1) is 15.0. The first-order valence-corrected chi connectivity index (χ1v) is 6.57. The maximum atomic E-state index is 12.2. The minimum atomic E-state index is -0.608. The van der Waals surface area contributed by atoms with Crippen LogP contribution in [0, 0.1) is 11.8 Å². The Hall–Kier alpha value is -1.10. The number of primary amides is 1. The van der Waals surface area contributed by atoms with Crippen LogP contribution >= 0.6 is 0 Å². The lowest BCUT2D eigenvalue weighted by Gasteiger charge is -2.34. The van der Waals surface area contributed by atoms with Gasteiger partial charge in [0.2, 0.25) is 11.8 Å². The van der Waals surface area contributed by atoms with Gasteiger partial charge in [-0.2, -0.15) is 0 Å². The number of rotatable bonds is 4. The molecule has 18 heavy (non-hydrogen) atoms. The Balaban J connectivity index is 2.61. The van der Waals surface area contributed by atoms with Gasteiger partial charge in [-0.15, -0.1) is 0 Å². The highest BCUT2D eigenvalue weighted by Gasteiger charge is 2.34. The van der Waals surface area contributed by atoms with Crippen molar-refractivity contribution in [3.05, 3.63) is 0 Å². The number of carbonyl (C=O) groups excluding carboxylic acids is 2. The molecule has 1 aliphatic rings. The third-order valence-electron chi connectivity index (χ3n) is 3.58. The largest absolute Gasteiger partial charge is 0.370 e. The van der Waals surface area contributed by atoms with E-state index >= 15 is 0 Å². The third-order valence-corrected chi connectivity index (χ3v) is 3.58. The van der Waals surface area contributed by atoms with Crippen LogP contribution in [0.3, 0.4) is 0 Å². The van der Waals surface area contributed by atoms with E-state index in [1.54, 1.807) is 13.8 Å². The Morgan fingerprint density at radius 1 is 1.33 bits per heavy atom. The van der Waals surface area contributed by atoms with E-state index in [1.165, 1.54) is 0 Å². The average Bonchev–Trinajstić information content (AvgIpc) is 2.18. The van der Waals surface area contributed by atoms with Crippen LogP contribution in [0.4, 0.5) is 0 Å². The van der Waals surface area contributed by atoms with Gasteiger partial charge in [0, 0.05) is 18.0 Å². The van der Waals surface area contributed by atoms with E-state index in [0.717, 1.165) is 19.3 Å². The number of amides is 2. The molecule has 5 N–H and O–H groups in total. The quantitative estimate of drug-likeness (QED) is 0.683. The molecular formula is C13H25N3O2. The molecule has 104 valence electrons. The van der Waals surface area contributed by atoms with Gasteiger partial charge < -0.3 is 16.8 Å². The maximum Gasteiger partial charge on any atom is 0.225 e. The van der Waals surface area contributed by atoms with Crippen molar-refractivity contribution in [2.24, 2.45) is 23.3 Å². The van der Waals surface area contributed by atoms with Crippen molar-refractivity contribution < 1.29 is 9.59 Å². The van der Waals surface area contributed by atoms with Gasteiger partial charge in [0.15, 0.2) is 0 Å². The van der Waals surface area contributed by atoms with Crippen molar-refractivity contribution in [2.45, 2.75) is 58.0 Å². The molecule has 0 heterocycles. The minimum absolute atomic E-state index is 0.0553. The molecular weight excluding hydrogens is 230 g/mol. The first-order chi connectivity index (χ1) is 8.21. The molecule has 3 unspecified atom stereocenters. The molecule has 0 spiro atoms. The van der Waals surface area contributed by atoms with E-state index in [2.05, 4.69) is 12.2 Å². The molecule has 3 atom stereocenters. The molecule has 0 aliphatic heterocycles. The Bertz CT molecular complexity index is 328. The maximum absolute atomic E-state index is 12.2. The summed E-state index contributed by atoms with van der Waals surface area (Å²) in [5.74, 6) is -0.0948. The van der Waals surface area contributed by atoms with Crippen LogP contribution in [0.25, 0.3) is 0 Å². The lowest BCUT2D eigenvalue weighted by Crippen LogP contribution is -2.52. The molecule has 0 aromatic rings. The van der Waals surface area contributed by atoms with E-state index in [0.29, 0.717) is 5.92 Å². The summed E-state index contributed by atoms with van der Waals surface area (Å²) in [6.45, 7) is 5.74. The van der Waals surface area contributed by atoms with E-state index in [9.17, 15) is 9.59 Å². The fraction of sp³-hybridized carbons (Fsp3) is 0.846. The van der Waals surface area contributed by atoms with Crippen LogP contribution in [0.5, 0.6) is 0 Å². The van der Waals surface area contributed by atoms with Crippen LogP contribution in [0.2, 0.25) is 0 Å². The topological polar surface area (TPSA) is 98.2 Å². The van der Waals surface area contributed by atoms with Crippen LogP contribution in [-0.4, -0.2) is 23.4 Å². The molecule has 2 amide bonds. The van der Waals surface area contributed by atoms with Crippen molar-refractivity contribution in [2.75, 3.05) is 0 Å². The SMILES string of the molecule is CC1CCC(N)C(C(=O)NC(C)(C)CC(N)=O)C1. The summed E-state index contributed by atoms with van der Waals surface area (Å²) in [4.78, 5) is 23.1. The third kappa shape index (κ3) is 4.29. The standard InChI is InChI=1S/C13H25N3O2/c1-8-4-5-10(14)9(6-8)12(18)16-13(2,3)7-11(15)17/h8-10H,4-7,14H2,1-3H3,(H2,15,17)(H,16,18). The van der Waals surface area contributed by atoms with Gasteiger partial charge in [-0.3, -0.25) is 9.59 Å². The van der Waals surface area contributed by atoms with E-state index < -0.39 is 11.4 Å². The second-order valence-electron chi connectivity index (χ2n) is 6.20. The fourth-order valence-corrected chi connectivity index (χ4v) is 2.61. The number of nitrogens with one attached hydrogen (secondary N) is 1. The highest BCUT2D eigenvalue weighted by atomic mass is 16.2. The number of carbonyl (C=O) groups is 2. The summed E-state index contributed by atoms with van der Waals surface area (Å²) in [5.41, 5.74) is 10.6. The van der Waals surface area contributed by atoms with Gasteiger partial charge in [-0.25, -0.2) is 0 Å². The smallest absolute Gasteiger partial charge is 0.225 e. The van der Waals surface area contributed by atoms with Gasteiger partial charge in [0.05, 0.1) is 5.92 Å². The fourth-order valence-electron chi connectivity index (χ4n) is 2.61. The summed E-state index contributed by atoms with van der Waals surface area (Å²) in [5, 5.41) is 2.89. The zero-order valence-corrected chi connectivity index (χ0v) is 11.5. The predicted molar refractivity (Wildman–Crippen MR) is 70.5 cm³/mol. The Labute approximate surface area is 109 Å². The van der Waals surface area contributed by atoms with Crippen molar-refractivity contribution in [3.8, 4) is 0 Å². The average molecular weight is 255 g/mol. The van der Waals surface area contributed by atoms with E-state index in [-0.39, 0.29) is 24.3 Å². The molecule has 0 aromatic carbocycles. The van der Waals surface area contributed by atoms with Gasteiger partial charge in [0.25, 0.3) is 0 Å². The normalized spacial score (nSPS) is 28.8. The van der Waals surface area contributed by atoms with Crippen molar-refractivity contribution in [1.29, 1.82) is 0 Å². The Kier molecular flexibility index (Phi) is 4.73. The molecule has 1 fully saturated rings. The van der Waals surface area contributed by atoms with Crippen molar-refractivity contribution in [1.82, 2.24) is 5.32 Å². The monoisotopic (exact) mass is 255 g/mol. The molecule has 1 aliphatic carbocycles. The van der Waals surface area contributed by atoms with Crippen LogP contribution in [0.1, 0.15) is 46.5 Å². The second kappa shape index (κ2) is 5.69. The van der Waals surface area contributed by atoms with Gasteiger partial charge in [0.1, 0.15) is 0 Å². The molecule has 1 saturated carbocycles. The van der Waals surface area contributed by atoms with Crippen molar-refractivity contribution >= 4 is 11.8 Å².